The Morgan fingerprint density at radius 3 is 2.61 bits per heavy atom. The summed E-state index contributed by atoms with van der Waals surface area (Å²) in [7, 11) is 1.38. The lowest BCUT2D eigenvalue weighted by Crippen LogP contribution is -2.22. The zero-order chi connectivity index (χ0) is 21.6. The number of nitrogens with one attached hydrogen (secondary N) is 1. The number of anilines is 1. The molecule has 158 valence electrons. The molecule has 1 aliphatic carbocycles. The molecule has 0 aliphatic heterocycles. The van der Waals surface area contributed by atoms with Crippen molar-refractivity contribution < 1.29 is 14.3 Å². The molecular formula is C24H24N4O3. The van der Waals surface area contributed by atoms with E-state index in [-0.39, 0.29) is 11.9 Å². The van der Waals surface area contributed by atoms with Crippen molar-refractivity contribution in [2.75, 3.05) is 12.4 Å². The highest BCUT2D eigenvalue weighted by Crippen LogP contribution is 2.40. The van der Waals surface area contributed by atoms with E-state index in [1.165, 1.54) is 7.11 Å². The zero-order valence-electron chi connectivity index (χ0n) is 17.2. The van der Waals surface area contributed by atoms with Crippen molar-refractivity contribution in [1.82, 2.24) is 4.98 Å². The Bertz CT molecular complexity index is 1090. The Morgan fingerprint density at radius 2 is 1.87 bits per heavy atom. The quantitative estimate of drug-likeness (QED) is 0.335. The molecule has 31 heavy (non-hydrogen) atoms. The van der Waals surface area contributed by atoms with Crippen molar-refractivity contribution in [3.05, 3.63) is 83.7 Å². The van der Waals surface area contributed by atoms with Crippen LogP contribution < -0.4 is 15.8 Å². The van der Waals surface area contributed by atoms with E-state index in [1.807, 2.05) is 54.6 Å². The zero-order valence-corrected chi connectivity index (χ0v) is 17.2. The van der Waals surface area contributed by atoms with Crippen LogP contribution in [0.4, 0.5) is 5.69 Å². The minimum Gasteiger partial charge on any atom is -0.465 e. The molecule has 4 rings (SSSR count). The number of hydrogen-bond donors (Lipinski definition) is 2. The topological polar surface area (TPSA) is 98.8 Å². The molecule has 1 aromatic heterocycles. The molecule has 1 saturated carbocycles. The number of benzene rings is 2. The normalized spacial score (nSPS) is 13.5. The molecule has 0 saturated heterocycles. The van der Waals surface area contributed by atoms with Gasteiger partial charge in [-0.2, -0.15) is 0 Å². The molecule has 0 bridgehead atoms. The number of aliphatic imine (C=N–C) groups is 1. The van der Waals surface area contributed by atoms with Gasteiger partial charge in [0.25, 0.3) is 0 Å². The van der Waals surface area contributed by atoms with Crippen LogP contribution in [0.5, 0.6) is 11.5 Å². The number of rotatable bonds is 7. The number of carbonyl (C=O) groups is 1. The van der Waals surface area contributed by atoms with E-state index in [9.17, 15) is 4.79 Å². The molecule has 3 N–H and O–H groups in total. The summed E-state index contributed by atoms with van der Waals surface area (Å²) >= 11 is 0. The van der Waals surface area contributed by atoms with Crippen molar-refractivity contribution in [2.45, 2.75) is 25.3 Å². The van der Waals surface area contributed by atoms with Gasteiger partial charge in [-0.3, -0.25) is 4.98 Å². The summed E-state index contributed by atoms with van der Waals surface area (Å²) in [6.07, 6.45) is 2.07. The number of guanidine groups is 1. The van der Waals surface area contributed by atoms with E-state index in [4.69, 9.17) is 15.2 Å². The standard InChI is InChI=1S/C24H24N4O3/c1-30-23(29)21-13-12-18(27-22(21)16-10-11-16)15-26-24(25)28-17-6-5-9-20(14-17)31-19-7-3-2-4-8-19/h2-9,12-14,16H,10-11,15H2,1H3,(H3,25,26,28). The number of methoxy groups -OCH3 is 1. The second-order valence-electron chi connectivity index (χ2n) is 7.27. The molecule has 0 unspecified atom stereocenters. The Kier molecular flexibility index (Phi) is 6.12. The van der Waals surface area contributed by atoms with E-state index in [0.717, 1.165) is 35.7 Å². The number of esters is 1. The Balaban J connectivity index is 1.42. The second-order valence-corrected chi connectivity index (χ2v) is 7.27. The predicted molar refractivity (Wildman–Crippen MR) is 119 cm³/mol. The van der Waals surface area contributed by atoms with Gasteiger partial charge in [-0.15, -0.1) is 0 Å². The van der Waals surface area contributed by atoms with Crippen LogP contribution in [-0.4, -0.2) is 24.0 Å². The second kappa shape index (κ2) is 9.30. The van der Waals surface area contributed by atoms with Crippen molar-refractivity contribution >= 4 is 17.6 Å². The van der Waals surface area contributed by atoms with Crippen molar-refractivity contribution in [1.29, 1.82) is 0 Å². The summed E-state index contributed by atoms with van der Waals surface area (Å²) in [4.78, 5) is 21.0. The molecule has 2 aromatic carbocycles. The van der Waals surface area contributed by atoms with Crippen LogP contribution in [0.25, 0.3) is 0 Å². The average molecular weight is 416 g/mol. The van der Waals surface area contributed by atoms with Gasteiger partial charge in [-0.05, 0) is 49.2 Å². The van der Waals surface area contributed by atoms with Gasteiger partial charge in [0.05, 0.1) is 30.6 Å². The van der Waals surface area contributed by atoms with Gasteiger partial charge in [0, 0.05) is 17.7 Å². The Morgan fingerprint density at radius 1 is 1.10 bits per heavy atom. The Labute approximate surface area is 180 Å². The number of para-hydroxylation sites is 1. The molecule has 0 atom stereocenters. The summed E-state index contributed by atoms with van der Waals surface area (Å²) in [5.74, 6) is 1.68. The highest BCUT2D eigenvalue weighted by molar-refractivity contribution is 5.92. The van der Waals surface area contributed by atoms with E-state index in [1.54, 1.807) is 12.1 Å². The molecule has 3 aromatic rings. The molecule has 0 radical (unpaired) electrons. The summed E-state index contributed by atoms with van der Waals surface area (Å²) in [6, 6.07) is 20.6. The average Bonchev–Trinajstić information content (AvgIpc) is 3.63. The number of ether oxygens (including phenoxy) is 2. The van der Waals surface area contributed by atoms with Gasteiger partial charge in [0.15, 0.2) is 5.96 Å². The lowest BCUT2D eigenvalue weighted by atomic mass is 10.1. The van der Waals surface area contributed by atoms with Crippen LogP contribution in [0.15, 0.2) is 71.7 Å². The SMILES string of the molecule is COC(=O)c1ccc(CN=C(N)Nc2cccc(Oc3ccccc3)c2)nc1C1CC1. The predicted octanol–water partition coefficient (Wildman–Crippen LogP) is 4.46. The van der Waals surface area contributed by atoms with Crippen LogP contribution in [0.1, 0.15) is 40.5 Å². The first kappa shape index (κ1) is 20.4. The summed E-state index contributed by atoms with van der Waals surface area (Å²) in [5, 5.41) is 3.07. The van der Waals surface area contributed by atoms with Gasteiger partial charge >= 0.3 is 5.97 Å². The molecule has 7 heteroatoms. The lowest BCUT2D eigenvalue weighted by molar-refractivity contribution is 0.0598. The van der Waals surface area contributed by atoms with Crippen molar-refractivity contribution in [3.8, 4) is 11.5 Å². The highest BCUT2D eigenvalue weighted by Gasteiger charge is 2.30. The summed E-state index contributed by atoms with van der Waals surface area (Å²) in [6.45, 7) is 0.306. The van der Waals surface area contributed by atoms with E-state index in [2.05, 4.69) is 15.3 Å². The molecule has 0 amide bonds. The van der Waals surface area contributed by atoms with Crippen LogP contribution in [0.3, 0.4) is 0 Å². The van der Waals surface area contributed by atoms with Crippen LogP contribution in [0.2, 0.25) is 0 Å². The van der Waals surface area contributed by atoms with Gasteiger partial charge in [-0.1, -0.05) is 24.3 Å². The summed E-state index contributed by atoms with van der Waals surface area (Å²) in [5.41, 5.74) is 8.89. The van der Waals surface area contributed by atoms with Gasteiger partial charge in [0.2, 0.25) is 0 Å². The van der Waals surface area contributed by atoms with E-state index < -0.39 is 0 Å². The molecular weight excluding hydrogens is 392 g/mol. The Hall–Kier alpha value is -3.87. The number of nitrogens with two attached hydrogens (primary N) is 1. The first-order chi connectivity index (χ1) is 15.1. The number of carbonyl (C=O) groups excluding carboxylic acids is 1. The maximum absolute atomic E-state index is 12.0. The van der Waals surface area contributed by atoms with Crippen molar-refractivity contribution in [3.63, 3.8) is 0 Å². The van der Waals surface area contributed by atoms with Crippen molar-refractivity contribution in [2.24, 2.45) is 10.7 Å². The number of hydrogen-bond acceptors (Lipinski definition) is 5. The molecule has 1 heterocycles. The maximum atomic E-state index is 12.0. The van der Waals surface area contributed by atoms with Crippen LogP contribution >= 0.6 is 0 Å². The fourth-order valence-corrected chi connectivity index (χ4v) is 3.17. The van der Waals surface area contributed by atoms with Crippen LogP contribution in [0, 0.1) is 0 Å². The monoisotopic (exact) mass is 416 g/mol. The third-order valence-electron chi connectivity index (χ3n) is 4.85. The van der Waals surface area contributed by atoms with Gasteiger partial charge in [-0.25, -0.2) is 9.79 Å². The van der Waals surface area contributed by atoms with E-state index >= 15 is 0 Å². The van der Waals surface area contributed by atoms with E-state index in [0.29, 0.717) is 23.8 Å². The number of nitrogens with zero attached hydrogens (tertiary/aromatic N) is 2. The molecule has 1 aliphatic rings. The summed E-state index contributed by atoms with van der Waals surface area (Å²) < 4.78 is 10.7. The first-order valence-corrected chi connectivity index (χ1v) is 10.1. The van der Waals surface area contributed by atoms with Gasteiger partial charge in [0.1, 0.15) is 11.5 Å². The minimum absolute atomic E-state index is 0.267. The smallest absolute Gasteiger partial charge is 0.339 e. The highest BCUT2D eigenvalue weighted by atomic mass is 16.5. The van der Waals surface area contributed by atoms with Gasteiger partial charge < -0.3 is 20.5 Å². The first-order valence-electron chi connectivity index (χ1n) is 10.1. The van der Waals surface area contributed by atoms with Crippen LogP contribution in [-0.2, 0) is 11.3 Å². The fraction of sp³-hybridized carbons (Fsp3) is 0.208. The molecule has 1 fully saturated rings. The molecule has 0 spiro atoms. The largest absolute Gasteiger partial charge is 0.465 e. The lowest BCUT2D eigenvalue weighted by Gasteiger charge is -2.10. The molecule has 7 nitrogen and oxygen atoms in total. The third-order valence-corrected chi connectivity index (χ3v) is 4.85. The minimum atomic E-state index is -0.358. The fourth-order valence-electron chi connectivity index (χ4n) is 3.17. The third kappa shape index (κ3) is 5.39. The maximum Gasteiger partial charge on any atom is 0.339 e. The number of pyridine rings is 1. The number of aromatic nitrogens is 1.